The number of halogens is 2. The second kappa shape index (κ2) is 7.25. The molecule has 0 N–H and O–H groups in total. The van der Waals surface area contributed by atoms with Crippen LogP contribution in [-0.4, -0.2) is 27.3 Å². The summed E-state index contributed by atoms with van der Waals surface area (Å²) in [6.45, 7) is 3.84. The van der Waals surface area contributed by atoms with Crippen molar-refractivity contribution in [1.29, 1.82) is 0 Å². The Hall–Kier alpha value is -2.37. The van der Waals surface area contributed by atoms with Crippen molar-refractivity contribution in [3.8, 4) is 17.1 Å². The summed E-state index contributed by atoms with van der Waals surface area (Å²) in [5.74, 6) is -0.0474. The van der Waals surface area contributed by atoms with E-state index in [4.69, 9.17) is 27.9 Å². The maximum Gasteiger partial charge on any atom is 0.359 e. The number of nitrogens with zero attached hydrogens (tertiary/aromatic N) is 3. The Morgan fingerprint density at radius 3 is 2.56 bits per heavy atom. The lowest BCUT2D eigenvalue weighted by atomic mass is 10.1. The molecule has 0 unspecified atom stereocenters. The average Bonchev–Trinajstić information content (AvgIpc) is 2.94. The van der Waals surface area contributed by atoms with Crippen LogP contribution in [0.3, 0.4) is 0 Å². The van der Waals surface area contributed by atoms with Gasteiger partial charge in [-0.1, -0.05) is 35.3 Å². The number of carbonyl (C=O) groups is 1. The van der Waals surface area contributed by atoms with Crippen LogP contribution < -0.4 is 0 Å². The van der Waals surface area contributed by atoms with Gasteiger partial charge in [0.2, 0.25) is 0 Å². The molecule has 0 radical (unpaired) electrons. The largest absolute Gasteiger partial charge is 0.461 e. The molecule has 0 bridgehead atoms. The zero-order valence-electron chi connectivity index (χ0n) is 13.7. The highest BCUT2D eigenvalue weighted by atomic mass is 35.5. The van der Waals surface area contributed by atoms with Crippen molar-refractivity contribution in [2.45, 2.75) is 13.8 Å². The smallest absolute Gasteiger partial charge is 0.359 e. The molecule has 2 heterocycles. The van der Waals surface area contributed by atoms with E-state index < -0.39 is 5.97 Å². The first-order valence-corrected chi connectivity index (χ1v) is 8.42. The Morgan fingerprint density at radius 2 is 1.92 bits per heavy atom. The summed E-state index contributed by atoms with van der Waals surface area (Å²) in [4.78, 5) is 16.6. The Morgan fingerprint density at radius 1 is 1.20 bits per heavy atom. The van der Waals surface area contributed by atoms with E-state index in [9.17, 15) is 4.79 Å². The number of esters is 1. The Kier molecular flexibility index (Phi) is 5.06. The van der Waals surface area contributed by atoms with Crippen molar-refractivity contribution in [2.24, 2.45) is 0 Å². The van der Waals surface area contributed by atoms with Gasteiger partial charge in [0, 0.05) is 22.3 Å². The van der Waals surface area contributed by atoms with Crippen molar-refractivity contribution in [2.75, 3.05) is 6.61 Å². The molecule has 2 aromatic heterocycles. The van der Waals surface area contributed by atoms with Gasteiger partial charge in [-0.15, -0.1) is 0 Å². The van der Waals surface area contributed by atoms with Gasteiger partial charge in [0.05, 0.1) is 17.3 Å². The maximum absolute atomic E-state index is 12.3. The molecule has 0 aliphatic rings. The number of benzene rings is 1. The molecular formula is C18H15Cl2N3O2. The zero-order valence-corrected chi connectivity index (χ0v) is 15.2. The van der Waals surface area contributed by atoms with Crippen molar-refractivity contribution >= 4 is 29.2 Å². The Labute approximate surface area is 155 Å². The first-order chi connectivity index (χ1) is 12.0. The fourth-order valence-electron chi connectivity index (χ4n) is 2.52. The molecule has 0 amide bonds. The SMILES string of the molecule is CCOC(=O)c1nn(-c2ncccc2Cl)c(-c2ccc(Cl)cc2)c1C. The Balaban J connectivity index is 2.25. The lowest BCUT2D eigenvalue weighted by Crippen LogP contribution is -2.08. The minimum atomic E-state index is -0.485. The minimum absolute atomic E-state index is 0.230. The first kappa shape index (κ1) is 17.5. The summed E-state index contributed by atoms with van der Waals surface area (Å²) in [5.41, 5.74) is 2.46. The van der Waals surface area contributed by atoms with Gasteiger partial charge in [-0.2, -0.15) is 5.10 Å². The van der Waals surface area contributed by atoms with Gasteiger partial charge < -0.3 is 4.74 Å². The van der Waals surface area contributed by atoms with Gasteiger partial charge in [0.15, 0.2) is 11.5 Å². The van der Waals surface area contributed by atoms with E-state index in [1.165, 1.54) is 0 Å². The predicted octanol–water partition coefficient (Wildman–Crippen LogP) is 4.73. The second-order valence-corrected chi connectivity index (χ2v) is 6.11. The van der Waals surface area contributed by atoms with Gasteiger partial charge in [-0.3, -0.25) is 0 Å². The molecule has 3 rings (SSSR count). The summed E-state index contributed by atoms with van der Waals surface area (Å²) in [6.07, 6.45) is 1.62. The lowest BCUT2D eigenvalue weighted by molar-refractivity contribution is 0.0518. The highest BCUT2D eigenvalue weighted by Gasteiger charge is 2.24. The molecule has 1 aromatic carbocycles. The van der Waals surface area contributed by atoms with Gasteiger partial charge in [-0.25, -0.2) is 14.5 Å². The van der Waals surface area contributed by atoms with E-state index in [1.54, 1.807) is 42.1 Å². The molecule has 5 nitrogen and oxygen atoms in total. The molecule has 0 fully saturated rings. The van der Waals surface area contributed by atoms with Gasteiger partial charge in [0.1, 0.15) is 0 Å². The number of aromatic nitrogens is 3. The van der Waals surface area contributed by atoms with Crippen molar-refractivity contribution in [3.05, 3.63) is 63.9 Å². The molecule has 0 aliphatic heterocycles. The monoisotopic (exact) mass is 375 g/mol. The van der Waals surface area contributed by atoms with Crippen LogP contribution in [0.1, 0.15) is 23.0 Å². The van der Waals surface area contributed by atoms with Crippen molar-refractivity contribution < 1.29 is 9.53 Å². The number of hydrogen-bond acceptors (Lipinski definition) is 4. The lowest BCUT2D eigenvalue weighted by Gasteiger charge is -2.09. The third-order valence-electron chi connectivity index (χ3n) is 3.65. The van der Waals surface area contributed by atoms with Crippen LogP contribution in [-0.2, 0) is 4.74 Å². The molecule has 128 valence electrons. The third-order valence-corrected chi connectivity index (χ3v) is 4.20. The van der Waals surface area contributed by atoms with Crippen LogP contribution in [0.2, 0.25) is 10.0 Å². The quantitative estimate of drug-likeness (QED) is 0.618. The molecule has 0 saturated carbocycles. The van der Waals surface area contributed by atoms with E-state index in [0.717, 1.165) is 5.56 Å². The van der Waals surface area contributed by atoms with Crippen LogP contribution in [0.4, 0.5) is 0 Å². The number of carbonyl (C=O) groups excluding carboxylic acids is 1. The van der Waals surface area contributed by atoms with Crippen LogP contribution in [0, 0.1) is 6.92 Å². The average molecular weight is 376 g/mol. The maximum atomic E-state index is 12.3. The number of pyridine rings is 1. The van der Waals surface area contributed by atoms with Gasteiger partial charge >= 0.3 is 5.97 Å². The summed E-state index contributed by atoms with van der Waals surface area (Å²) in [7, 11) is 0. The number of ether oxygens (including phenoxy) is 1. The van der Waals surface area contributed by atoms with E-state index in [0.29, 0.717) is 27.1 Å². The summed E-state index contributed by atoms with van der Waals surface area (Å²) >= 11 is 12.3. The molecule has 0 spiro atoms. The minimum Gasteiger partial charge on any atom is -0.461 e. The fraction of sp³-hybridized carbons (Fsp3) is 0.167. The highest BCUT2D eigenvalue weighted by molar-refractivity contribution is 6.32. The van der Waals surface area contributed by atoms with E-state index in [2.05, 4.69) is 10.1 Å². The normalized spacial score (nSPS) is 10.7. The summed E-state index contributed by atoms with van der Waals surface area (Å²) in [5, 5.41) is 5.47. The fourth-order valence-corrected chi connectivity index (χ4v) is 2.85. The highest BCUT2D eigenvalue weighted by Crippen LogP contribution is 2.31. The van der Waals surface area contributed by atoms with Crippen LogP contribution in [0.15, 0.2) is 42.6 Å². The second-order valence-electron chi connectivity index (χ2n) is 5.27. The number of hydrogen-bond donors (Lipinski definition) is 0. The van der Waals surface area contributed by atoms with E-state index in [-0.39, 0.29) is 12.3 Å². The Bertz CT molecular complexity index is 921. The third kappa shape index (κ3) is 3.38. The summed E-state index contributed by atoms with van der Waals surface area (Å²) in [6, 6.07) is 10.7. The van der Waals surface area contributed by atoms with Crippen LogP contribution in [0.5, 0.6) is 0 Å². The van der Waals surface area contributed by atoms with Crippen LogP contribution >= 0.6 is 23.2 Å². The molecular weight excluding hydrogens is 361 g/mol. The predicted molar refractivity (Wildman–Crippen MR) is 97.5 cm³/mol. The van der Waals surface area contributed by atoms with Crippen LogP contribution in [0.25, 0.3) is 17.1 Å². The molecule has 7 heteroatoms. The summed E-state index contributed by atoms with van der Waals surface area (Å²) < 4.78 is 6.67. The molecule has 0 aliphatic carbocycles. The van der Waals surface area contributed by atoms with E-state index >= 15 is 0 Å². The van der Waals surface area contributed by atoms with Gasteiger partial charge in [-0.05, 0) is 38.1 Å². The van der Waals surface area contributed by atoms with Crippen molar-refractivity contribution in [3.63, 3.8) is 0 Å². The zero-order chi connectivity index (χ0) is 18.0. The molecule has 3 aromatic rings. The first-order valence-electron chi connectivity index (χ1n) is 7.66. The molecule has 25 heavy (non-hydrogen) atoms. The molecule has 0 saturated heterocycles. The standard InChI is InChI=1S/C18H15Cl2N3O2/c1-3-25-18(24)15-11(2)16(12-6-8-13(19)9-7-12)23(22-15)17-14(20)5-4-10-21-17/h4-10H,3H2,1-2H3. The molecule has 0 atom stereocenters. The number of rotatable bonds is 4. The van der Waals surface area contributed by atoms with E-state index in [1.807, 2.05) is 19.1 Å². The van der Waals surface area contributed by atoms with Gasteiger partial charge in [0.25, 0.3) is 0 Å². The van der Waals surface area contributed by atoms with Crippen molar-refractivity contribution in [1.82, 2.24) is 14.8 Å². The topological polar surface area (TPSA) is 57.0 Å².